The standard InChI is InChI=1S/C21H16N4O2/c1-2-24-15-11-7-6-10-14(15)16-18(24)21(27)19-17(20(16)26)22-23-25(19)12-13-8-4-3-5-9-13/h3-11H,2,12H2,1H3. The number of carbonyl (C=O) groups is 2. The predicted octanol–water partition coefficient (Wildman–Crippen LogP) is 3.08. The molecule has 0 N–H and O–H groups in total. The number of benzene rings is 2. The molecule has 0 amide bonds. The van der Waals surface area contributed by atoms with Crippen LogP contribution < -0.4 is 0 Å². The molecule has 2 aromatic heterocycles. The summed E-state index contributed by atoms with van der Waals surface area (Å²) in [5, 5.41) is 8.95. The first-order chi connectivity index (χ1) is 13.2. The minimum atomic E-state index is -0.234. The molecule has 0 saturated carbocycles. The Balaban J connectivity index is 1.72. The first-order valence-electron chi connectivity index (χ1n) is 8.88. The van der Waals surface area contributed by atoms with Gasteiger partial charge in [-0.1, -0.05) is 53.7 Å². The first-order valence-corrected chi connectivity index (χ1v) is 8.88. The molecule has 2 heterocycles. The fourth-order valence-electron chi connectivity index (χ4n) is 3.89. The zero-order valence-electron chi connectivity index (χ0n) is 14.7. The smallest absolute Gasteiger partial charge is 0.230 e. The summed E-state index contributed by atoms with van der Waals surface area (Å²) in [7, 11) is 0. The van der Waals surface area contributed by atoms with Crippen molar-refractivity contribution in [2.24, 2.45) is 0 Å². The summed E-state index contributed by atoms with van der Waals surface area (Å²) in [4.78, 5) is 26.6. The van der Waals surface area contributed by atoms with Crippen molar-refractivity contribution in [2.45, 2.75) is 20.0 Å². The van der Waals surface area contributed by atoms with E-state index in [0.29, 0.717) is 24.3 Å². The summed E-state index contributed by atoms with van der Waals surface area (Å²) >= 11 is 0. The normalized spacial score (nSPS) is 13.1. The predicted molar refractivity (Wildman–Crippen MR) is 100 cm³/mol. The van der Waals surface area contributed by atoms with Crippen molar-refractivity contribution < 1.29 is 9.59 Å². The van der Waals surface area contributed by atoms with Crippen molar-refractivity contribution in [1.29, 1.82) is 0 Å². The van der Waals surface area contributed by atoms with Gasteiger partial charge in [-0.15, -0.1) is 5.10 Å². The Hall–Kier alpha value is -3.54. The number of ketones is 2. The highest BCUT2D eigenvalue weighted by Crippen LogP contribution is 2.34. The monoisotopic (exact) mass is 356 g/mol. The number of rotatable bonds is 3. The minimum Gasteiger partial charge on any atom is -0.337 e. The van der Waals surface area contributed by atoms with Crippen LogP contribution in [0.1, 0.15) is 44.7 Å². The topological polar surface area (TPSA) is 69.8 Å². The molecule has 2 aromatic carbocycles. The summed E-state index contributed by atoms with van der Waals surface area (Å²) in [5.74, 6) is -0.430. The molecule has 5 rings (SSSR count). The molecule has 0 spiro atoms. The van der Waals surface area contributed by atoms with Gasteiger partial charge in [-0.05, 0) is 18.6 Å². The second-order valence-electron chi connectivity index (χ2n) is 6.57. The third kappa shape index (κ3) is 2.13. The van der Waals surface area contributed by atoms with E-state index >= 15 is 0 Å². The highest BCUT2D eigenvalue weighted by molar-refractivity contribution is 6.31. The molecular formula is C21H16N4O2. The lowest BCUT2D eigenvalue weighted by atomic mass is 9.93. The van der Waals surface area contributed by atoms with Crippen LogP contribution in [0.3, 0.4) is 0 Å². The van der Waals surface area contributed by atoms with Crippen LogP contribution >= 0.6 is 0 Å². The van der Waals surface area contributed by atoms with E-state index in [1.54, 1.807) is 0 Å². The molecule has 0 aliphatic heterocycles. The number of para-hydroxylation sites is 1. The molecule has 0 bridgehead atoms. The average molecular weight is 356 g/mol. The Morgan fingerprint density at radius 3 is 2.41 bits per heavy atom. The van der Waals surface area contributed by atoms with Gasteiger partial charge in [0.1, 0.15) is 11.4 Å². The molecule has 6 heteroatoms. The van der Waals surface area contributed by atoms with Gasteiger partial charge in [-0.25, -0.2) is 4.68 Å². The Bertz CT molecular complexity index is 1220. The Morgan fingerprint density at radius 2 is 1.63 bits per heavy atom. The van der Waals surface area contributed by atoms with Crippen LogP contribution in [0.4, 0.5) is 0 Å². The number of fused-ring (bicyclic) bond motifs is 4. The van der Waals surface area contributed by atoms with Crippen molar-refractivity contribution in [3.05, 3.63) is 82.8 Å². The summed E-state index contributed by atoms with van der Waals surface area (Å²) in [5.41, 5.74) is 3.17. The maximum atomic E-state index is 13.4. The van der Waals surface area contributed by atoms with E-state index in [1.807, 2.05) is 66.1 Å². The van der Waals surface area contributed by atoms with Crippen molar-refractivity contribution in [1.82, 2.24) is 19.6 Å². The van der Waals surface area contributed by atoms with Crippen LogP contribution in [0, 0.1) is 0 Å². The Labute approximate surface area is 155 Å². The SMILES string of the molecule is CCn1c2c(c3ccccc31)C(=O)c1nnn(Cc3ccccc3)c1C2=O. The summed E-state index contributed by atoms with van der Waals surface area (Å²) in [6, 6.07) is 17.3. The molecule has 0 radical (unpaired) electrons. The van der Waals surface area contributed by atoms with E-state index < -0.39 is 0 Å². The summed E-state index contributed by atoms with van der Waals surface area (Å²) < 4.78 is 3.44. The second kappa shape index (κ2) is 5.74. The minimum absolute atomic E-state index is 0.141. The van der Waals surface area contributed by atoms with Crippen molar-refractivity contribution in [3.63, 3.8) is 0 Å². The van der Waals surface area contributed by atoms with E-state index in [4.69, 9.17) is 0 Å². The van der Waals surface area contributed by atoms with Gasteiger partial charge in [-0.3, -0.25) is 9.59 Å². The lowest BCUT2D eigenvalue weighted by Crippen LogP contribution is -2.25. The van der Waals surface area contributed by atoms with Crippen LogP contribution in [-0.4, -0.2) is 31.1 Å². The molecule has 0 fully saturated rings. The highest BCUT2D eigenvalue weighted by atomic mass is 16.1. The largest absolute Gasteiger partial charge is 0.337 e. The molecule has 4 aromatic rings. The number of hydrogen-bond donors (Lipinski definition) is 0. The summed E-state index contributed by atoms with van der Waals surface area (Å²) in [6.07, 6.45) is 0. The fraction of sp³-hybridized carbons (Fsp3) is 0.143. The summed E-state index contributed by atoms with van der Waals surface area (Å²) in [6.45, 7) is 2.97. The van der Waals surface area contributed by atoms with Crippen LogP contribution in [-0.2, 0) is 13.1 Å². The number of aromatic nitrogens is 4. The lowest BCUT2D eigenvalue weighted by molar-refractivity contribution is 0.0966. The number of carbonyl (C=O) groups excluding carboxylic acids is 2. The Kier molecular flexibility index (Phi) is 3.33. The van der Waals surface area contributed by atoms with Crippen LogP contribution in [0.15, 0.2) is 54.6 Å². The van der Waals surface area contributed by atoms with E-state index in [0.717, 1.165) is 16.5 Å². The average Bonchev–Trinajstić information content (AvgIpc) is 3.26. The van der Waals surface area contributed by atoms with Crippen molar-refractivity contribution >= 4 is 22.5 Å². The number of nitrogens with zero attached hydrogens (tertiary/aromatic N) is 4. The quantitative estimate of drug-likeness (QED) is 0.498. The van der Waals surface area contributed by atoms with Gasteiger partial charge >= 0.3 is 0 Å². The van der Waals surface area contributed by atoms with Gasteiger partial charge in [0.2, 0.25) is 11.6 Å². The van der Waals surface area contributed by atoms with Crippen LogP contribution in [0.5, 0.6) is 0 Å². The van der Waals surface area contributed by atoms with E-state index in [-0.39, 0.29) is 23.0 Å². The third-order valence-corrected chi connectivity index (χ3v) is 5.07. The molecule has 0 atom stereocenters. The van der Waals surface area contributed by atoms with E-state index in [2.05, 4.69) is 10.3 Å². The van der Waals surface area contributed by atoms with Gasteiger partial charge in [0, 0.05) is 17.4 Å². The first kappa shape index (κ1) is 15.7. The van der Waals surface area contributed by atoms with Crippen LogP contribution in [0.25, 0.3) is 10.9 Å². The maximum absolute atomic E-state index is 13.4. The highest BCUT2D eigenvalue weighted by Gasteiger charge is 2.39. The van der Waals surface area contributed by atoms with Gasteiger partial charge < -0.3 is 4.57 Å². The molecule has 0 unspecified atom stereocenters. The lowest BCUT2D eigenvalue weighted by Gasteiger charge is -2.14. The second-order valence-corrected chi connectivity index (χ2v) is 6.57. The maximum Gasteiger partial charge on any atom is 0.230 e. The van der Waals surface area contributed by atoms with Crippen molar-refractivity contribution in [3.8, 4) is 0 Å². The Morgan fingerprint density at radius 1 is 0.889 bits per heavy atom. The molecule has 132 valence electrons. The molecule has 1 aliphatic carbocycles. The van der Waals surface area contributed by atoms with E-state index in [9.17, 15) is 9.59 Å². The fourth-order valence-corrected chi connectivity index (χ4v) is 3.89. The molecule has 0 saturated heterocycles. The van der Waals surface area contributed by atoms with Gasteiger partial charge in [-0.2, -0.15) is 0 Å². The third-order valence-electron chi connectivity index (χ3n) is 5.07. The van der Waals surface area contributed by atoms with Crippen LogP contribution in [0.2, 0.25) is 0 Å². The van der Waals surface area contributed by atoms with Gasteiger partial charge in [0.15, 0.2) is 5.69 Å². The molecular weight excluding hydrogens is 340 g/mol. The number of aryl methyl sites for hydroxylation is 1. The zero-order chi connectivity index (χ0) is 18.5. The number of hydrogen-bond acceptors (Lipinski definition) is 4. The molecule has 6 nitrogen and oxygen atoms in total. The zero-order valence-corrected chi connectivity index (χ0v) is 14.7. The molecule has 27 heavy (non-hydrogen) atoms. The van der Waals surface area contributed by atoms with Gasteiger partial charge in [0.25, 0.3) is 0 Å². The molecule has 1 aliphatic rings. The van der Waals surface area contributed by atoms with E-state index in [1.165, 1.54) is 4.68 Å². The van der Waals surface area contributed by atoms with Gasteiger partial charge in [0.05, 0.1) is 12.1 Å². The van der Waals surface area contributed by atoms with Crippen molar-refractivity contribution in [2.75, 3.05) is 0 Å².